The Balaban J connectivity index is 0.00000121. The van der Waals surface area contributed by atoms with Crippen molar-refractivity contribution in [1.82, 2.24) is 0 Å². The molecule has 0 aromatic carbocycles. The maximum Gasteiger partial charge on any atom is 0.123 e. The smallest absolute Gasteiger partial charge is 0.123 e. The first-order valence-corrected chi connectivity index (χ1v) is 4.36. The molecule has 3 heteroatoms. The van der Waals surface area contributed by atoms with Crippen LogP contribution in [0.3, 0.4) is 0 Å². The third kappa shape index (κ3) is 2.91. The van der Waals surface area contributed by atoms with Crippen LogP contribution in [0.1, 0.15) is 39.5 Å². The van der Waals surface area contributed by atoms with Crippen LogP contribution in [0, 0.1) is 5.41 Å². The van der Waals surface area contributed by atoms with Gasteiger partial charge in [-0.15, -0.1) is 12.4 Å². The Kier molecular flexibility index (Phi) is 3.98. The Bertz CT molecular complexity index is 137. The lowest BCUT2D eigenvalue weighted by Crippen LogP contribution is -2.39. The third-order valence-electron chi connectivity index (χ3n) is 2.87. The van der Waals surface area contributed by atoms with Crippen LogP contribution in [0.15, 0.2) is 0 Å². The lowest BCUT2D eigenvalue weighted by atomic mass is 9.72. The molecule has 0 atom stereocenters. The van der Waals surface area contributed by atoms with Crippen molar-refractivity contribution in [2.24, 2.45) is 11.1 Å². The number of nitrogens with two attached hydrogens (primary N) is 1. The molecule has 0 heterocycles. The molecule has 0 unspecified atom stereocenters. The van der Waals surface area contributed by atoms with E-state index >= 15 is 0 Å². The normalized spacial score (nSPS) is 26.0. The van der Waals surface area contributed by atoms with Crippen LogP contribution >= 0.6 is 12.4 Å². The molecular weight excluding hydrogens is 177 g/mol. The zero-order valence-corrected chi connectivity index (χ0v) is 8.72. The molecule has 1 aliphatic rings. The van der Waals surface area contributed by atoms with E-state index in [1.165, 1.54) is 0 Å². The molecule has 1 fully saturated rings. The van der Waals surface area contributed by atoms with Gasteiger partial charge in [0.25, 0.3) is 0 Å². The Morgan fingerprint density at radius 1 is 1.17 bits per heavy atom. The van der Waals surface area contributed by atoms with Crippen molar-refractivity contribution in [3.8, 4) is 0 Å². The van der Waals surface area contributed by atoms with Crippen LogP contribution in [-0.2, 0) is 0 Å². The number of alkyl halides is 1. The van der Waals surface area contributed by atoms with E-state index in [2.05, 4.69) is 13.8 Å². The predicted octanol–water partition coefficient (Wildman–Crippen LogP) is 2.68. The van der Waals surface area contributed by atoms with Gasteiger partial charge in [-0.3, -0.25) is 0 Å². The van der Waals surface area contributed by atoms with Crippen LogP contribution in [0.2, 0.25) is 0 Å². The maximum absolute atomic E-state index is 13.5. The van der Waals surface area contributed by atoms with Gasteiger partial charge in [0, 0.05) is 6.54 Å². The van der Waals surface area contributed by atoms with E-state index in [9.17, 15) is 4.39 Å². The average Bonchev–Trinajstić information content (AvgIpc) is 1.97. The summed E-state index contributed by atoms with van der Waals surface area (Å²) in [6.45, 7) is 4.59. The molecule has 1 saturated carbocycles. The molecule has 0 saturated heterocycles. The second-order valence-corrected chi connectivity index (χ2v) is 4.52. The highest BCUT2D eigenvalue weighted by atomic mass is 35.5. The zero-order valence-electron chi connectivity index (χ0n) is 7.90. The molecule has 74 valence electrons. The van der Waals surface area contributed by atoms with E-state index in [1.807, 2.05) is 0 Å². The summed E-state index contributed by atoms with van der Waals surface area (Å²) < 4.78 is 13.5. The molecule has 12 heavy (non-hydrogen) atoms. The molecular formula is C9H19ClFN. The second-order valence-electron chi connectivity index (χ2n) is 4.52. The summed E-state index contributed by atoms with van der Waals surface area (Å²) in [6.07, 6.45) is 3.24. The molecule has 1 rings (SSSR count). The summed E-state index contributed by atoms with van der Waals surface area (Å²) >= 11 is 0. The molecule has 0 amide bonds. The monoisotopic (exact) mass is 195 g/mol. The highest BCUT2D eigenvalue weighted by Crippen LogP contribution is 2.41. The minimum Gasteiger partial charge on any atom is -0.328 e. The first-order chi connectivity index (χ1) is 4.97. The molecule has 0 aromatic rings. The highest BCUT2D eigenvalue weighted by Gasteiger charge is 2.37. The van der Waals surface area contributed by atoms with Crippen LogP contribution < -0.4 is 5.73 Å². The fraction of sp³-hybridized carbons (Fsp3) is 1.00. The van der Waals surface area contributed by atoms with Crippen LogP contribution in [0.4, 0.5) is 4.39 Å². The molecule has 0 bridgehead atoms. The minimum atomic E-state index is -1.05. The first-order valence-electron chi connectivity index (χ1n) is 4.36. The van der Waals surface area contributed by atoms with E-state index in [4.69, 9.17) is 5.73 Å². The lowest BCUT2D eigenvalue weighted by Gasteiger charge is -2.37. The fourth-order valence-electron chi connectivity index (χ4n) is 1.58. The SMILES string of the molecule is CC1(C)CCC(F)(CN)CC1.Cl. The Labute approximate surface area is 80.3 Å². The predicted molar refractivity (Wildman–Crippen MR) is 52.4 cm³/mol. The topological polar surface area (TPSA) is 26.0 Å². The van der Waals surface area contributed by atoms with Crippen molar-refractivity contribution in [2.45, 2.75) is 45.2 Å². The standard InChI is InChI=1S/C9H18FN.ClH/c1-8(2)3-5-9(10,7-11)6-4-8;/h3-7,11H2,1-2H3;1H. The molecule has 1 nitrogen and oxygen atoms in total. The number of hydrogen-bond donors (Lipinski definition) is 1. The molecule has 1 aliphatic carbocycles. The summed E-state index contributed by atoms with van der Waals surface area (Å²) in [7, 11) is 0. The van der Waals surface area contributed by atoms with Gasteiger partial charge in [0.15, 0.2) is 0 Å². The number of hydrogen-bond acceptors (Lipinski definition) is 1. The molecule has 0 aromatic heterocycles. The second kappa shape index (κ2) is 3.93. The summed E-state index contributed by atoms with van der Waals surface area (Å²) in [6, 6.07) is 0. The minimum absolute atomic E-state index is 0. The van der Waals surface area contributed by atoms with E-state index in [0.29, 0.717) is 18.3 Å². The summed E-state index contributed by atoms with van der Waals surface area (Å²) in [5.74, 6) is 0. The lowest BCUT2D eigenvalue weighted by molar-refractivity contribution is 0.0619. The van der Waals surface area contributed by atoms with Crippen molar-refractivity contribution < 1.29 is 4.39 Å². The van der Waals surface area contributed by atoms with Gasteiger partial charge in [-0.25, -0.2) is 4.39 Å². The van der Waals surface area contributed by atoms with Gasteiger partial charge >= 0.3 is 0 Å². The van der Waals surface area contributed by atoms with E-state index < -0.39 is 5.67 Å². The maximum atomic E-state index is 13.5. The number of halogens is 2. The van der Waals surface area contributed by atoms with Crippen molar-refractivity contribution in [2.75, 3.05) is 6.54 Å². The largest absolute Gasteiger partial charge is 0.328 e. The van der Waals surface area contributed by atoms with Crippen LogP contribution in [-0.4, -0.2) is 12.2 Å². The van der Waals surface area contributed by atoms with Gasteiger partial charge in [0.1, 0.15) is 5.67 Å². The number of rotatable bonds is 1. The fourth-order valence-corrected chi connectivity index (χ4v) is 1.58. The van der Waals surface area contributed by atoms with Crippen molar-refractivity contribution >= 4 is 12.4 Å². The van der Waals surface area contributed by atoms with Crippen molar-refractivity contribution in [1.29, 1.82) is 0 Å². The van der Waals surface area contributed by atoms with Crippen molar-refractivity contribution in [3.05, 3.63) is 0 Å². The third-order valence-corrected chi connectivity index (χ3v) is 2.87. The summed E-state index contributed by atoms with van der Waals surface area (Å²) in [4.78, 5) is 0. The van der Waals surface area contributed by atoms with E-state index in [0.717, 1.165) is 12.8 Å². The van der Waals surface area contributed by atoms with E-state index in [-0.39, 0.29) is 19.0 Å². The summed E-state index contributed by atoms with van der Waals surface area (Å²) in [5, 5.41) is 0. The van der Waals surface area contributed by atoms with Gasteiger partial charge in [0.2, 0.25) is 0 Å². The Morgan fingerprint density at radius 2 is 1.58 bits per heavy atom. The highest BCUT2D eigenvalue weighted by molar-refractivity contribution is 5.85. The zero-order chi connectivity index (χ0) is 8.54. The van der Waals surface area contributed by atoms with Gasteiger partial charge in [-0.1, -0.05) is 13.8 Å². The Hall–Kier alpha value is 0.180. The van der Waals surface area contributed by atoms with Crippen LogP contribution in [0.5, 0.6) is 0 Å². The molecule has 2 N–H and O–H groups in total. The van der Waals surface area contributed by atoms with E-state index in [1.54, 1.807) is 0 Å². The van der Waals surface area contributed by atoms with Gasteiger partial charge in [0.05, 0.1) is 0 Å². The van der Waals surface area contributed by atoms with Gasteiger partial charge in [-0.2, -0.15) is 0 Å². The average molecular weight is 196 g/mol. The summed E-state index contributed by atoms with van der Waals surface area (Å²) in [5.41, 5.74) is 4.64. The quantitative estimate of drug-likeness (QED) is 0.684. The first kappa shape index (κ1) is 12.2. The molecule has 0 spiro atoms. The van der Waals surface area contributed by atoms with Gasteiger partial charge in [-0.05, 0) is 31.1 Å². The van der Waals surface area contributed by atoms with Crippen molar-refractivity contribution in [3.63, 3.8) is 0 Å². The molecule has 0 aliphatic heterocycles. The van der Waals surface area contributed by atoms with Gasteiger partial charge < -0.3 is 5.73 Å². The molecule has 0 radical (unpaired) electrons. The van der Waals surface area contributed by atoms with Crippen LogP contribution in [0.25, 0.3) is 0 Å². The Morgan fingerprint density at radius 3 is 1.92 bits per heavy atom.